The summed E-state index contributed by atoms with van der Waals surface area (Å²) in [7, 11) is 1.59. The first kappa shape index (κ1) is 14.2. The smallest absolute Gasteiger partial charge is 0.258 e. The molecule has 1 aromatic carbocycles. The summed E-state index contributed by atoms with van der Waals surface area (Å²) < 4.78 is 5.54. The SMILES string of the molecule is COc1c(C2CC2)ccc2c1C(=O)N(C1CCC(=O)NC1=O)C2. The van der Waals surface area contributed by atoms with Crippen molar-refractivity contribution in [3.05, 3.63) is 28.8 Å². The molecule has 1 aromatic rings. The first-order valence-electron chi connectivity index (χ1n) is 7.94. The van der Waals surface area contributed by atoms with Crippen molar-refractivity contribution in [1.82, 2.24) is 10.2 Å². The number of benzene rings is 1. The van der Waals surface area contributed by atoms with Gasteiger partial charge in [0, 0.05) is 13.0 Å². The third-order valence-electron chi connectivity index (χ3n) is 4.90. The van der Waals surface area contributed by atoms with Gasteiger partial charge < -0.3 is 9.64 Å². The fourth-order valence-corrected chi connectivity index (χ4v) is 3.57. The zero-order valence-electron chi connectivity index (χ0n) is 12.9. The van der Waals surface area contributed by atoms with E-state index in [1.807, 2.05) is 12.1 Å². The topological polar surface area (TPSA) is 75.7 Å². The third-order valence-corrected chi connectivity index (χ3v) is 4.90. The minimum atomic E-state index is -0.582. The summed E-state index contributed by atoms with van der Waals surface area (Å²) >= 11 is 0. The Morgan fingerprint density at radius 2 is 1.96 bits per heavy atom. The number of methoxy groups -OCH3 is 1. The lowest BCUT2D eigenvalue weighted by Gasteiger charge is -2.29. The molecule has 0 spiro atoms. The van der Waals surface area contributed by atoms with E-state index in [0.717, 1.165) is 24.0 Å². The van der Waals surface area contributed by atoms with Crippen LogP contribution in [0.3, 0.4) is 0 Å². The summed E-state index contributed by atoms with van der Waals surface area (Å²) in [5.41, 5.74) is 2.56. The zero-order chi connectivity index (χ0) is 16.1. The molecule has 1 unspecified atom stereocenters. The number of carbonyl (C=O) groups is 3. The van der Waals surface area contributed by atoms with E-state index in [2.05, 4.69) is 5.32 Å². The van der Waals surface area contributed by atoms with E-state index < -0.39 is 6.04 Å². The van der Waals surface area contributed by atoms with Crippen LogP contribution in [0.2, 0.25) is 0 Å². The van der Waals surface area contributed by atoms with Crippen LogP contribution >= 0.6 is 0 Å². The Morgan fingerprint density at radius 3 is 2.61 bits per heavy atom. The Hall–Kier alpha value is -2.37. The Labute approximate surface area is 133 Å². The summed E-state index contributed by atoms with van der Waals surface area (Å²) in [4.78, 5) is 37.8. The number of carbonyl (C=O) groups excluding carboxylic acids is 3. The molecule has 2 heterocycles. The lowest BCUT2D eigenvalue weighted by atomic mass is 10.0. The van der Waals surface area contributed by atoms with Crippen LogP contribution < -0.4 is 10.1 Å². The van der Waals surface area contributed by atoms with Gasteiger partial charge in [-0.3, -0.25) is 19.7 Å². The van der Waals surface area contributed by atoms with Gasteiger partial charge in [-0.25, -0.2) is 0 Å². The average molecular weight is 314 g/mol. The predicted octanol–water partition coefficient (Wildman–Crippen LogP) is 1.33. The molecule has 0 aromatic heterocycles. The molecule has 1 aliphatic carbocycles. The fraction of sp³-hybridized carbons (Fsp3) is 0.471. The lowest BCUT2D eigenvalue weighted by molar-refractivity contribution is -0.136. The molecule has 23 heavy (non-hydrogen) atoms. The maximum Gasteiger partial charge on any atom is 0.258 e. The molecule has 4 rings (SSSR count). The van der Waals surface area contributed by atoms with E-state index >= 15 is 0 Å². The van der Waals surface area contributed by atoms with Gasteiger partial charge in [0.1, 0.15) is 11.8 Å². The fourth-order valence-electron chi connectivity index (χ4n) is 3.57. The summed E-state index contributed by atoms with van der Waals surface area (Å²) in [6.07, 6.45) is 2.89. The van der Waals surface area contributed by atoms with E-state index in [1.165, 1.54) is 0 Å². The van der Waals surface area contributed by atoms with Crippen molar-refractivity contribution in [2.45, 2.75) is 44.2 Å². The second kappa shape index (κ2) is 5.08. The van der Waals surface area contributed by atoms with Crippen LogP contribution in [0.25, 0.3) is 0 Å². The highest BCUT2D eigenvalue weighted by molar-refractivity contribution is 6.06. The molecule has 0 radical (unpaired) electrons. The molecular formula is C17H18N2O4. The number of nitrogens with zero attached hydrogens (tertiary/aromatic N) is 1. The molecule has 6 nitrogen and oxygen atoms in total. The van der Waals surface area contributed by atoms with Crippen molar-refractivity contribution in [3.8, 4) is 5.75 Å². The molecule has 1 saturated heterocycles. The van der Waals surface area contributed by atoms with Crippen molar-refractivity contribution in [3.63, 3.8) is 0 Å². The van der Waals surface area contributed by atoms with Crippen molar-refractivity contribution in [1.29, 1.82) is 0 Å². The second-order valence-corrected chi connectivity index (χ2v) is 6.40. The molecule has 6 heteroatoms. The van der Waals surface area contributed by atoms with Gasteiger partial charge in [0.25, 0.3) is 5.91 Å². The van der Waals surface area contributed by atoms with Gasteiger partial charge in [0.15, 0.2) is 0 Å². The number of nitrogens with one attached hydrogen (secondary N) is 1. The number of imide groups is 1. The van der Waals surface area contributed by atoms with Crippen molar-refractivity contribution in [2.75, 3.05) is 7.11 Å². The number of piperidine rings is 1. The van der Waals surface area contributed by atoms with Gasteiger partial charge in [-0.1, -0.05) is 12.1 Å². The highest BCUT2D eigenvalue weighted by atomic mass is 16.5. The standard InChI is InChI=1S/C17H18N2O4/c1-23-15-11(9-2-3-9)5-4-10-8-19(17(22)14(10)15)12-6-7-13(20)18-16(12)21/h4-5,9,12H,2-3,6-8H2,1H3,(H,18,20,21). The van der Waals surface area contributed by atoms with Crippen LogP contribution in [0.4, 0.5) is 0 Å². The van der Waals surface area contributed by atoms with Gasteiger partial charge in [-0.15, -0.1) is 0 Å². The number of ether oxygens (including phenoxy) is 1. The van der Waals surface area contributed by atoms with Crippen LogP contribution in [0.5, 0.6) is 5.75 Å². The quantitative estimate of drug-likeness (QED) is 0.854. The third kappa shape index (κ3) is 2.20. The molecule has 3 aliphatic rings. The Kier molecular flexibility index (Phi) is 3.14. The highest BCUT2D eigenvalue weighted by Crippen LogP contribution is 2.47. The number of rotatable bonds is 3. The molecule has 2 fully saturated rings. The maximum absolute atomic E-state index is 12.9. The number of hydrogen-bond acceptors (Lipinski definition) is 4. The molecular weight excluding hydrogens is 296 g/mol. The van der Waals surface area contributed by atoms with Crippen molar-refractivity contribution in [2.24, 2.45) is 0 Å². The Bertz CT molecular complexity index is 724. The molecule has 3 amide bonds. The second-order valence-electron chi connectivity index (χ2n) is 6.40. The van der Waals surface area contributed by atoms with Gasteiger partial charge in [-0.2, -0.15) is 0 Å². The van der Waals surface area contributed by atoms with Gasteiger partial charge >= 0.3 is 0 Å². The summed E-state index contributed by atoms with van der Waals surface area (Å²) in [5.74, 6) is 0.305. The summed E-state index contributed by atoms with van der Waals surface area (Å²) in [6.45, 7) is 0.391. The Balaban J connectivity index is 1.68. The molecule has 1 atom stereocenters. The summed E-state index contributed by atoms with van der Waals surface area (Å²) in [6, 6.07) is 3.42. The minimum absolute atomic E-state index is 0.172. The van der Waals surface area contributed by atoms with Crippen LogP contribution in [0, 0.1) is 0 Å². The van der Waals surface area contributed by atoms with Crippen LogP contribution in [-0.4, -0.2) is 35.8 Å². The average Bonchev–Trinajstić information content (AvgIpc) is 3.32. The van der Waals surface area contributed by atoms with Crippen molar-refractivity contribution < 1.29 is 19.1 Å². The predicted molar refractivity (Wildman–Crippen MR) is 81.0 cm³/mol. The summed E-state index contributed by atoms with van der Waals surface area (Å²) in [5, 5.41) is 2.32. The van der Waals surface area contributed by atoms with Crippen LogP contribution in [0.1, 0.15) is 53.1 Å². The molecule has 1 N–H and O–H groups in total. The minimum Gasteiger partial charge on any atom is -0.496 e. The monoisotopic (exact) mass is 314 g/mol. The van der Waals surface area contributed by atoms with Gasteiger partial charge in [0.2, 0.25) is 11.8 Å². The van der Waals surface area contributed by atoms with E-state index in [0.29, 0.717) is 30.2 Å². The molecule has 120 valence electrons. The van der Waals surface area contributed by atoms with Crippen molar-refractivity contribution >= 4 is 17.7 Å². The first-order valence-corrected chi connectivity index (χ1v) is 7.94. The maximum atomic E-state index is 12.9. The molecule has 0 bridgehead atoms. The normalized spacial score (nSPS) is 23.8. The largest absolute Gasteiger partial charge is 0.496 e. The molecule has 1 saturated carbocycles. The van der Waals surface area contributed by atoms with E-state index in [4.69, 9.17) is 4.74 Å². The van der Waals surface area contributed by atoms with Gasteiger partial charge in [-0.05, 0) is 36.3 Å². The van der Waals surface area contributed by atoms with E-state index in [-0.39, 0.29) is 24.1 Å². The number of fused-ring (bicyclic) bond motifs is 1. The number of amides is 3. The Morgan fingerprint density at radius 1 is 1.17 bits per heavy atom. The van der Waals surface area contributed by atoms with E-state index in [1.54, 1.807) is 12.0 Å². The van der Waals surface area contributed by atoms with Gasteiger partial charge in [0.05, 0.1) is 12.7 Å². The lowest BCUT2D eigenvalue weighted by Crippen LogP contribution is -2.52. The highest BCUT2D eigenvalue weighted by Gasteiger charge is 2.42. The first-order chi connectivity index (χ1) is 11.1. The zero-order valence-corrected chi connectivity index (χ0v) is 12.9. The van der Waals surface area contributed by atoms with Crippen LogP contribution in [-0.2, 0) is 16.1 Å². The molecule has 2 aliphatic heterocycles. The van der Waals surface area contributed by atoms with E-state index in [9.17, 15) is 14.4 Å². The van der Waals surface area contributed by atoms with Crippen LogP contribution in [0.15, 0.2) is 12.1 Å². The number of hydrogen-bond donors (Lipinski definition) is 1.